The molecule has 86 valence electrons. The van der Waals surface area contributed by atoms with Crippen molar-refractivity contribution in [2.75, 3.05) is 6.54 Å². The summed E-state index contributed by atoms with van der Waals surface area (Å²) >= 11 is 0. The summed E-state index contributed by atoms with van der Waals surface area (Å²) in [6, 6.07) is 0.557. The summed E-state index contributed by atoms with van der Waals surface area (Å²) in [5.41, 5.74) is 5.30. The number of hydrogen-bond donors (Lipinski definition) is 2. The zero-order valence-corrected chi connectivity index (χ0v) is 9.59. The van der Waals surface area contributed by atoms with Crippen LogP contribution in [0.2, 0.25) is 0 Å². The monoisotopic (exact) mass is 210 g/mol. The molecule has 2 aliphatic rings. The molecule has 2 rings (SSSR count). The largest absolute Gasteiger partial charge is 0.369 e. The molecule has 0 spiro atoms. The summed E-state index contributed by atoms with van der Waals surface area (Å²) in [6.07, 6.45) is 6.96. The molecule has 2 saturated carbocycles. The van der Waals surface area contributed by atoms with Crippen molar-refractivity contribution in [3.63, 3.8) is 0 Å². The Kier molecular flexibility index (Phi) is 3.01. The summed E-state index contributed by atoms with van der Waals surface area (Å²) < 4.78 is 0. The van der Waals surface area contributed by atoms with Gasteiger partial charge in [0, 0.05) is 12.6 Å². The Labute approximate surface area is 91.8 Å². The molecule has 2 aliphatic carbocycles. The van der Waals surface area contributed by atoms with Crippen LogP contribution in [-0.4, -0.2) is 18.5 Å². The molecule has 0 aromatic carbocycles. The molecule has 15 heavy (non-hydrogen) atoms. The molecule has 3 heteroatoms. The zero-order valence-electron chi connectivity index (χ0n) is 9.59. The summed E-state index contributed by atoms with van der Waals surface area (Å²) in [7, 11) is 0. The molecule has 0 aromatic rings. The minimum absolute atomic E-state index is 0.101. The lowest BCUT2D eigenvalue weighted by atomic mass is 9.85. The lowest BCUT2D eigenvalue weighted by Gasteiger charge is -2.27. The van der Waals surface area contributed by atoms with Gasteiger partial charge in [0.25, 0.3) is 0 Å². The van der Waals surface area contributed by atoms with Gasteiger partial charge in [-0.05, 0) is 38.5 Å². The van der Waals surface area contributed by atoms with E-state index in [9.17, 15) is 4.79 Å². The van der Waals surface area contributed by atoms with Crippen molar-refractivity contribution < 1.29 is 4.79 Å². The highest BCUT2D eigenvalue weighted by Crippen LogP contribution is 2.38. The third-order valence-electron chi connectivity index (χ3n) is 4.17. The number of primary amides is 1. The van der Waals surface area contributed by atoms with Gasteiger partial charge in [-0.1, -0.05) is 12.8 Å². The molecular formula is C12H22N2O. The lowest BCUT2D eigenvalue weighted by Crippen LogP contribution is -2.45. The van der Waals surface area contributed by atoms with Crippen LogP contribution in [-0.2, 0) is 4.79 Å². The average Bonchev–Trinajstić information content (AvgIpc) is 2.94. The maximum Gasteiger partial charge on any atom is 0.224 e. The maximum atomic E-state index is 11.5. The lowest BCUT2D eigenvalue weighted by molar-refractivity contribution is -0.127. The number of rotatable bonds is 5. The molecule has 2 fully saturated rings. The van der Waals surface area contributed by atoms with Crippen LogP contribution in [0.15, 0.2) is 0 Å². The number of hydrogen-bond acceptors (Lipinski definition) is 2. The first kappa shape index (κ1) is 10.9. The molecular weight excluding hydrogens is 188 g/mol. The van der Waals surface area contributed by atoms with E-state index in [1.54, 1.807) is 0 Å². The Hall–Kier alpha value is -0.570. The van der Waals surface area contributed by atoms with E-state index in [1.165, 1.54) is 12.8 Å². The van der Waals surface area contributed by atoms with E-state index in [0.29, 0.717) is 6.04 Å². The highest BCUT2D eigenvalue weighted by atomic mass is 16.1. The van der Waals surface area contributed by atoms with E-state index in [1.807, 2.05) is 0 Å². The van der Waals surface area contributed by atoms with Gasteiger partial charge in [-0.15, -0.1) is 0 Å². The fourth-order valence-corrected chi connectivity index (χ4v) is 2.68. The van der Waals surface area contributed by atoms with Gasteiger partial charge in [0.1, 0.15) is 0 Å². The molecule has 0 saturated heterocycles. The molecule has 1 amide bonds. The normalized spacial score (nSPS) is 26.5. The molecule has 0 bridgehead atoms. The van der Waals surface area contributed by atoms with Crippen molar-refractivity contribution >= 4 is 5.91 Å². The fourth-order valence-electron chi connectivity index (χ4n) is 2.68. The van der Waals surface area contributed by atoms with Crippen LogP contribution < -0.4 is 11.1 Å². The predicted molar refractivity (Wildman–Crippen MR) is 60.3 cm³/mol. The Bertz CT molecular complexity index is 242. The van der Waals surface area contributed by atoms with Crippen molar-refractivity contribution in [3.8, 4) is 0 Å². The van der Waals surface area contributed by atoms with Gasteiger partial charge in [-0.25, -0.2) is 0 Å². The van der Waals surface area contributed by atoms with Gasteiger partial charge in [0.05, 0.1) is 5.41 Å². The van der Waals surface area contributed by atoms with Gasteiger partial charge in [-0.3, -0.25) is 4.79 Å². The standard InChI is InChI=1S/C12H22N2O/c1-9(10-4-5-10)14-8-12(11(13)15)6-2-3-7-12/h9-10,14H,2-8H2,1H3,(H2,13,15). The second kappa shape index (κ2) is 4.12. The van der Waals surface area contributed by atoms with Crippen molar-refractivity contribution in [1.29, 1.82) is 0 Å². The highest BCUT2D eigenvalue weighted by Gasteiger charge is 2.40. The van der Waals surface area contributed by atoms with E-state index in [0.717, 1.165) is 38.1 Å². The molecule has 1 unspecified atom stereocenters. The third-order valence-corrected chi connectivity index (χ3v) is 4.17. The number of nitrogens with two attached hydrogens (primary N) is 1. The molecule has 3 N–H and O–H groups in total. The van der Waals surface area contributed by atoms with E-state index in [-0.39, 0.29) is 11.3 Å². The summed E-state index contributed by atoms with van der Waals surface area (Å²) in [6.45, 7) is 3.02. The maximum absolute atomic E-state index is 11.5. The van der Waals surface area contributed by atoms with Crippen LogP contribution in [0.1, 0.15) is 45.4 Å². The average molecular weight is 210 g/mol. The molecule has 0 aliphatic heterocycles. The van der Waals surface area contributed by atoms with Crippen molar-refractivity contribution in [2.45, 2.75) is 51.5 Å². The number of carbonyl (C=O) groups is 1. The van der Waals surface area contributed by atoms with Crippen LogP contribution >= 0.6 is 0 Å². The predicted octanol–water partition coefficient (Wildman–Crippen LogP) is 1.42. The van der Waals surface area contributed by atoms with Gasteiger partial charge in [0.2, 0.25) is 5.91 Å². The van der Waals surface area contributed by atoms with Crippen molar-refractivity contribution in [3.05, 3.63) is 0 Å². The SMILES string of the molecule is CC(NCC1(C(N)=O)CCCC1)C1CC1. The molecule has 0 radical (unpaired) electrons. The summed E-state index contributed by atoms with van der Waals surface area (Å²) in [4.78, 5) is 11.5. The van der Waals surface area contributed by atoms with Crippen molar-refractivity contribution in [1.82, 2.24) is 5.32 Å². The van der Waals surface area contributed by atoms with Crippen LogP contribution in [0, 0.1) is 11.3 Å². The zero-order chi connectivity index (χ0) is 10.9. The Morgan fingerprint density at radius 3 is 2.53 bits per heavy atom. The Balaban J connectivity index is 1.86. The van der Waals surface area contributed by atoms with E-state index >= 15 is 0 Å². The van der Waals surface area contributed by atoms with Crippen molar-refractivity contribution in [2.24, 2.45) is 17.1 Å². The van der Waals surface area contributed by atoms with E-state index in [2.05, 4.69) is 12.2 Å². The smallest absolute Gasteiger partial charge is 0.224 e. The van der Waals surface area contributed by atoms with E-state index in [4.69, 9.17) is 5.73 Å². The van der Waals surface area contributed by atoms with Gasteiger partial charge < -0.3 is 11.1 Å². The first-order chi connectivity index (χ1) is 7.14. The fraction of sp³-hybridized carbons (Fsp3) is 0.917. The van der Waals surface area contributed by atoms with Gasteiger partial charge in [0.15, 0.2) is 0 Å². The molecule has 0 aromatic heterocycles. The van der Waals surface area contributed by atoms with Crippen LogP contribution in [0.3, 0.4) is 0 Å². The topological polar surface area (TPSA) is 55.1 Å². The van der Waals surface area contributed by atoms with Gasteiger partial charge >= 0.3 is 0 Å². The minimum atomic E-state index is -0.233. The quantitative estimate of drug-likeness (QED) is 0.721. The van der Waals surface area contributed by atoms with Crippen LogP contribution in [0.5, 0.6) is 0 Å². The molecule has 0 heterocycles. The van der Waals surface area contributed by atoms with Crippen LogP contribution in [0.4, 0.5) is 0 Å². The molecule has 1 atom stereocenters. The van der Waals surface area contributed by atoms with E-state index < -0.39 is 0 Å². The summed E-state index contributed by atoms with van der Waals surface area (Å²) in [5.74, 6) is 0.742. The molecule has 3 nitrogen and oxygen atoms in total. The minimum Gasteiger partial charge on any atom is -0.369 e. The third kappa shape index (κ3) is 2.33. The van der Waals surface area contributed by atoms with Crippen LogP contribution in [0.25, 0.3) is 0 Å². The number of amides is 1. The second-order valence-corrected chi connectivity index (χ2v) is 5.36. The second-order valence-electron chi connectivity index (χ2n) is 5.36. The Morgan fingerprint density at radius 1 is 1.47 bits per heavy atom. The number of carbonyl (C=O) groups excluding carboxylic acids is 1. The first-order valence-corrected chi connectivity index (χ1v) is 6.17. The first-order valence-electron chi connectivity index (χ1n) is 6.17. The van der Waals surface area contributed by atoms with Gasteiger partial charge in [-0.2, -0.15) is 0 Å². The highest BCUT2D eigenvalue weighted by molar-refractivity contribution is 5.81. The Morgan fingerprint density at radius 2 is 2.07 bits per heavy atom. The summed E-state index contributed by atoms with van der Waals surface area (Å²) in [5, 5.41) is 3.51. The number of nitrogens with one attached hydrogen (secondary N) is 1.